The average Bonchev–Trinajstić information content (AvgIpc) is 2.43. The maximum Gasteiger partial charge on any atom is 0.312 e. The van der Waals surface area contributed by atoms with Crippen molar-refractivity contribution >= 4 is 28.3 Å². The molecule has 5 nitrogen and oxygen atoms in total. The van der Waals surface area contributed by atoms with Crippen LogP contribution >= 0.6 is 22.6 Å². The van der Waals surface area contributed by atoms with Gasteiger partial charge in [-0.3, -0.25) is 10.1 Å². The first-order valence-corrected chi connectivity index (χ1v) is 6.61. The van der Waals surface area contributed by atoms with Crippen molar-refractivity contribution in [2.24, 2.45) is 0 Å². The molecule has 0 heterocycles. The fourth-order valence-electron chi connectivity index (χ4n) is 1.59. The van der Waals surface area contributed by atoms with E-state index in [9.17, 15) is 19.6 Å². The summed E-state index contributed by atoms with van der Waals surface area (Å²) in [7, 11) is 0. The van der Waals surface area contributed by atoms with Crippen LogP contribution in [0.2, 0.25) is 0 Å². The maximum absolute atomic E-state index is 13.5. The lowest BCUT2D eigenvalue weighted by molar-refractivity contribution is -0.385. The number of nitrogens with zero attached hydrogens (tertiary/aromatic N) is 1. The predicted molar refractivity (Wildman–Crippen MR) is 78.2 cm³/mol. The molecule has 0 aliphatic rings. The Labute approximate surface area is 127 Å². The van der Waals surface area contributed by atoms with Crippen LogP contribution in [0.15, 0.2) is 36.4 Å². The van der Waals surface area contributed by atoms with Gasteiger partial charge >= 0.3 is 5.69 Å². The van der Waals surface area contributed by atoms with E-state index in [1.165, 1.54) is 0 Å². The Bertz CT molecular complexity index is 663. The van der Waals surface area contributed by atoms with Crippen LogP contribution in [-0.2, 0) is 6.61 Å². The summed E-state index contributed by atoms with van der Waals surface area (Å²) in [5.74, 6) is -0.555. The molecule has 0 aliphatic heterocycles. The zero-order valence-corrected chi connectivity index (χ0v) is 12.2. The van der Waals surface area contributed by atoms with E-state index in [1.54, 1.807) is 46.9 Å². The molecule has 2 aromatic carbocycles. The molecule has 0 aliphatic carbocycles. The summed E-state index contributed by atoms with van der Waals surface area (Å²) in [6.45, 7) is -0.281. The fraction of sp³-hybridized carbons (Fsp3) is 0.0769. The lowest BCUT2D eigenvalue weighted by Gasteiger charge is -2.10. The van der Waals surface area contributed by atoms with E-state index in [2.05, 4.69) is 0 Å². The summed E-state index contributed by atoms with van der Waals surface area (Å²) in [4.78, 5) is 10.3. The predicted octanol–water partition coefficient (Wildman–Crippen LogP) is 3.62. The second kappa shape index (κ2) is 6.14. The lowest BCUT2D eigenvalue weighted by atomic mass is 10.2. The summed E-state index contributed by atoms with van der Waals surface area (Å²) in [5.41, 5.74) is 0.129. The Morgan fingerprint density at radius 3 is 2.65 bits per heavy atom. The normalized spacial score (nSPS) is 10.3. The number of hydrogen-bond donors (Lipinski definition) is 1. The summed E-state index contributed by atoms with van der Waals surface area (Å²) in [6, 6.07) is 8.58. The zero-order valence-electron chi connectivity index (χ0n) is 10.0. The van der Waals surface area contributed by atoms with Crippen molar-refractivity contribution in [3.63, 3.8) is 0 Å². The number of halogens is 2. The molecular weight excluding hydrogens is 380 g/mol. The fourth-order valence-corrected chi connectivity index (χ4v) is 2.05. The molecule has 0 saturated heterocycles. The van der Waals surface area contributed by atoms with Gasteiger partial charge in [0, 0.05) is 17.7 Å². The summed E-state index contributed by atoms with van der Waals surface area (Å²) < 4.78 is 19.1. The number of ether oxygens (including phenoxy) is 1. The SMILES string of the molecule is O=[N+]([O-])c1cc(I)c(F)cc1Oc1ccccc1CO. The molecule has 0 amide bonds. The van der Waals surface area contributed by atoms with Gasteiger partial charge in [-0.15, -0.1) is 0 Å². The van der Waals surface area contributed by atoms with Crippen molar-refractivity contribution in [1.29, 1.82) is 0 Å². The van der Waals surface area contributed by atoms with E-state index < -0.39 is 10.7 Å². The Morgan fingerprint density at radius 1 is 1.30 bits per heavy atom. The van der Waals surface area contributed by atoms with Crippen LogP contribution in [0, 0.1) is 19.5 Å². The van der Waals surface area contributed by atoms with E-state index >= 15 is 0 Å². The van der Waals surface area contributed by atoms with Crippen LogP contribution in [0.3, 0.4) is 0 Å². The number of nitro benzene ring substituents is 1. The highest BCUT2D eigenvalue weighted by Crippen LogP contribution is 2.35. The molecule has 0 spiro atoms. The van der Waals surface area contributed by atoms with Crippen LogP contribution in [-0.4, -0.2) is 10.0 Å². The smallest absolute Gasteiger partial charge is 0.312 e. The molecule has 1 N–H and O–H groups in total. The molecule has 104 valence electrons. The first-order valence-electron chi connectivity index (χ1n) is 5.53. The van der Waals surface area contributed by atoms with Gasteiger partial charge < -0.3 is 9.84 Å². The summed E-state index contributed by atoms with van der Waals surface area (Å²) >= 11 is 1.67. The van der Waals surface area contributed by atoms with Crippen LogP contribution in [0.1, 0.15) is 5.56 Å². The van der Waals surface area contributed by atoms with Crippen LogP contribution in [0.5, 0.6) is 11.5 Å². The number of para-hydroxylation sites is 1. The van der Waals surface area contributed by atoms with Crippen molar-refractivity contribution in [2.45, 2.75) is 6.61 Å². The molecule has 2 rings (SSSR count). The van der Waals surface area contributed by atoms with Gasteiger partial charge in [0.1, 0.15) is 11.6 Å². The second-order valence-electron chi connectivity index (χ2n) is 3.86. The Morgan fingerprint density at radius 2 is 2.00 bits per heavy atom. The van der Waals surface area contributed by atoms with E-state index in [0.29, 0.717) is 5.56 Å². The van der Waals surface area contributed by atoms with Crippen molar-refractivity contribution in [3.05, 3.63) is 61.5 Å². The second-order valence-corrected chi connectivity index (χ2v) is 5.02. The van der Waals surface area contributed by atoms with Gasteiger partial charge in [0.05, 0.1) is 15.1 Å². The first kappa shape index (κ1) is 14.7. The Hall–Kier alpha value is -1.74. The number of rotatable bonds is 4. The van der Waals surface area contributed by atoms with Crippen LogP contribution < -0.4 is 4.74 Å². The summed E-state index contributed by atoms with van der Waals surface area (Å²) in [6.07, 6.45) is 0. The molecule has 0 radical (unpaired) electrons. The highest BCUT2D eigenvalue weighted by molar-refractivity contribution is 14.1. The number of benzene rings is 2. The molecule has 0 saturated carbocycles. The van der Waals surface area contributed by atoms with Gasteiger partial charge in [0.15, 0.2) is 0 Å². The number of aliphatic hydroxyl groups excluding tert-OH is 1. The van der Waals surface area contributed by atoms with Gasteiger partial charge in [-0.2, -0.15) is 0 Å². The van der Waals surface area contributed by atoms with Gasteiger partial charge in [-0.05, 0) is 28.7 Å². The third kappa shape index (κ3) is 3.05. The largest absolute Gasteiger partial charge is 0.450 e. The topological polar surface area (TPSA) is 72.6 Å². The van der Waals surface area contributed by atoms with E-state index in [-0.39, 0.29) is 27.4 Å². The molecular formula is C13H9FINO4. The molecule has 0 aromatic heterocycles. The third-order valence-electron chi connectivity index (χ3n) is 2.56. The van der Waals surface area contributed by atoms with Crippen molar-refractivity contribution in [2.75, 3.05) is 0 Å². The molecule has 0 unspecified atom stereocenters. The molecule has 0 atom stereocenters. The van der Waals surface area contributed by atoms with Crippen molar-refractivity contribution in [1.82, 2.24) is 0 Å². The van der Waals surface area contributed by atoms with Crippen molar-refractivity contribution in [3.8, 4) is 11.5 Å². The van der Waals surface area contributed by atoms with Crippen molar-refractivity contribution < 1.29 is 19.2 Å². The first-order chi connectivity index (χ1) is 9.52. The highest BCUT2D eigenvalue weighted by Gasteiger charge is 2.20. The quantitative estimate of drug-likeness (QED) is 0.493. The van der Waals surface area contributed by atoms with Gasteiger partial charge in [-0.1, -0.05) is 18.2 Å². The third-order valence-corrected chi connectivity index (χ3v) is 3.39. The number of nitro groups is 1. The van der Waals surface area contributed by atoms with Gasteiger partial charge in [0.25, 0.3) is 0 Å². The summed E-state index contributed by atoms with van der Waals surface area (Å²) in [5, 5.41) is 20.2. The van der Waals surface area contributed by atoms with Gasteiger partial charge in [-0.25, -0.2) is 4.39 Å². The lowest BCUT2D eigenvalue weighted by Crippen LogP contribution is -1.98. The van der Waals surface area contributed by atoms with Crippen LogP contribution in [0.25, 0.3) is 0 Å². The monoisotopic (exact) mass is 389 g/mol. The molecule has 20 heavy (non-hydrogen) atoms. The van der Waals surface area contributed by atoms with Gasteiger partial charge in [0.2, 0.25) is 5.75 Å². The standard InChI is InChI=1S/C13H9FINO4/c14-9-5-13(11(16(18)19)6-10(9)15)20-12-4-2-1-3-8(12)7-17/h1-6,17H,7H2. The molecule has 7 heteroatoms. The Balaban J connectivity index is 2.47. The zero-order chi connectivity index (χ0) is 14.7. The van der Waals surface area contributed by atoms with E-state index in [0.717, 1.165) is 12.1 Å². The maximum atomic E-state index is 13.5. The molecule has 2 aromatic rings. The number of hydrogen-bond acceptors (Lipinski definition) is 4. The molecule has 0 bridgehead atoms. The minimum Gasteiger partial charge on any atom is -0.450 e. The minimum atomic E-state index is -0.640. The van der Waals surface area contributed by atoms with E-state index in [1.807, 2.05) is 0 Å². The average molecular weight is 389 g/mol. The van der Waals surface area contributed by atoms with Crippen LogP contribution in [0.4, 0.5) is 10.1 Å². The van der Waals surface area contributed by atoms with E-state index in [4.69, 9.17) is 4.74 Å². The highest BCUT2D eigenvalue weighted by atomic mass is 127. The number of aliphatic hydroxyl groups is 1. The minimum absolute atomic E-state index is 0.136. The Kier molecular flexibility index (Phi) is 4.50. The molecule has 0 fully saturated rings.